The van der Waals surface area contributed by atoms with Crippen LogP contribution in [-0.4, -0.2) is 42.8 Å². The third-order valence-corrected chi connectivity index (χ3v) is 4.76. The van der Waals surface area contributed by atoms with Gasteiger partial charge in [-0.2, -0.15) is 0 Å². The summed E-state index contributed by atoms with van der Waals surface area (Å²) in [6.45, 7) is 4.12. The minimum Gasteiger partial charge on any atom is -0.493 e. The van der Waals surface area contributed by atoms with Gasteiger partial charge in [0.25, 0.3) is 0 Å². The maximum Gasteiger partial charge on any atom is 0.416 e. The Bertz CT molecular complexity index is 850. The van der Waals surface area contributed by atoms with E-state index in [1.54, 1.807) is 7.11 Å². The smallest absolute Gasteiger partial charge is 0.416 e. The van der Waals surface area contributed by atoms with E-state index in [1.807, 2.05) is 62.4 Å². The summed E-state index contributed by atoms with van der Waals surface area (Å²) >= 11 is 0. The fraction of sp³-hybridized carbons (Fsp3) is 0.391. The zero-order valence-electron chi connectivity index (χ0n) is 17.1. The predicted molar refractivity (Wildman–Crippen MR) is 109 cm³/mol. The summed E-state index contributed by atoms with van der Waals surface area (Å²) < 4.78 is 16.3. The number of nitrogens with zero attached hydrogens (tertiary/aromatic N) is 1. The molecule has 3 rings (SSSR count). The number of hydrogen-bond donors (Lipinski definition) is 0. The second-order valence-corrected chi connectivity index (χ2v) is 7.34. The van der Waals surface area contributed by atoms with Crippen LogP contribution < -0.4 is 9.47 Å². The average molecular weight is 397 g/mol. The van der Waals surface area contributed by atoms with Gasteiger partial charge in [-0.1, -0.05) is 36.4 Å². The second kappa shape index (κ2) is 9.45. The van der Waals surface area contributed by atoms with Crippen LogP contribution in [0.3, 0.4) is 0 Å². The van der Waals surface area contributed by atoms with E-state index in [9.17, 15) is 9.59 Å². The number of methoxy groups -OCH3 is 1. The maximum atomic E-state index is 12.8. The third kappa shape index (κ3) is 5.28. The van der Waals surface area contributed by atoms with E-state index in [1.165, 1.54) is 4.90 Å². The van der Waals surface area contributed by atoms with Crippen molar-refractivity contribution in [3.8, 4) is 11.5 Å². The van der Waals surface area contributed by atoms with E-state index in [-0.39, 0.29) is 31.1 Å². The number of imide groups is 1. The SMILES string of the molecule is COc1ccc(CCC(=O)N2C(=O)OC[C@@H]2Cc2ccccc2)cc1OC(C)C. The van der Waals surface area contributed by atoms with Crippen LogP contribution >= 0.6 is 0 Å². The average Bonchev–Trinajstić information content (AvgIpc) is 3.06. The van der Waals surface area contributed by atoms with Crippen molar-refractivity contribution in [1.29, 1.82) is 0 Å². The molecular formula is C23H27NO5. The number of cyclic esters (lactones) is 1. The summed E-state index contributed by atoms with van der Waals surface area (Å²) in [6.07, 6.45) is 0.758. The standard InChI is InChI=1S/C23H27NO5/c1-16(2)29-21-14-18(9-11-20(21)27-3)10-12-22(25)24-19(15-28-23(24)26)13-17-7-5-4-6-8-17/h4-9,11,14,16,19H,10,12-13,15H2,1-3H3/t19-/m0/s1. The summed E-state index contributed by atoms with van der Waals surface area (Å²) in [4.78, 5) is 26.2. The molecule has 6 heteroatoms. The van der Waals surface area contributed by atoms with Crippen LogP contribution in [0.2, 0.25) is 0 Å². The molecule has 2 aromatic carbocycles. The zero-order valence-corrected chi connectivity index (χ0v) is 17.1. The number of ether oxygens (including phenoxy) is 3. The Morgan fingerprint density at radius 1 is 1.14 bits per heavy atom. The van der Waals surface area contributed by atoms with Crippen LogP contribution in [-0.2, 0) is 22.4 Å². The fourth-order valence-corrected chi connectivity index (χ4v) is 3.40. The van der Waals surface area contributed by atoms with Gasteiger partial charge in [-0.3, -0.25) is 4.79 Å². The number of carbonyl (C=O) groups excluding carboxylic acids is 2. The number of rotatable bonds is 8. The lowest BCUT2D eigenvalue weighted by Gasteiger charge is -2.20. The number of aryl methyl sites for hydroxylation is 1. The normalized spacial score (nSPS) is 16.1. The first kappa shape index (κ1) is 20.7. The Balaban J connectivity index is 1.65. The second-order valence-electron chi connectivity index (χ2n) is 7.34. The summed E-state index contributed by atoms with van der Waals surface area (Å²) in [7, 11) is 1.59. The van der Waals surface area contributed by atoms with E-state index >= 15 is 0 Å². The van der Waals surface area contributed by atoms with Gasteiger partial charge in [0, 0.05) is 6.42 Å². The van der Waals surface area contributed by atoms with Gasteiger partial charge in [0.2, 0.25) is 5.91 Å². The number of benzene rings is 2. The Kier molecular flexibility index (Phi) is 6.75. The lowest BCUT2D eigenvalue weighted by Crippen LogP contribution is -2.40. The Morgan fingerprint density at radius 3 is 2.59 bits per heavy atom. The molecule has 0 saturated carbocycles. The minimum atomic E-state index is -0.561. The van der Waals surface area contributed by atoms with Crippen molar-refractivity contribution in [1.82, 2.24) is 4.90 Å². The highest BCUT2D eigenvalue weighted by atomic mass is 16.6. The molecule has 0 unspecified atom stereocenters. The highest BCUT2D eigenvalue weighted by Crippen LogP contribution is 2.29. The van der Waals surface area contributed by atoms with Crippen molar-refractivity contribution < 1.29 is 23.8 Å². The highest BCUT2D eigenvalue weighted by Gasteiger charge is 2.37. The molecule has 29 heavy (non-hydrogen) atoms. The molecule has 1 aliphatic rings. The molecule has 0 N–H and O–H groups in total. The van der Waals surface area contributed by atoms with Crippen molar-refractivity contribution >= 4 is 12.0 Å². The first-order valence-corrected chi connectivity index (χ1v) is 9.84. The van der Waals surface area contributed by atoms with Crippen molar-refractivity contribution in [2.75, 3.05) is 13.7 Å². The van der Waals surface area contributed by atoms with Crippen LogP contribution in [0.5, 0.6) is 11.5 Å². The molecule has 2 amide bonds. The van der Waals surface area contributed by atoms with Gasteiger partial charge in [0.05, 0.1) is 19.3 Å². The minimum absolute atomic E-state index is 0.0129. The molecule has 1 saturated heterocycles. The topological polar surface area (TPSA) is 65.1 Å². The molecule has 0 aliphatic carbocycles. The van der Waals surface area contributed by atoms with E-state index in [0.717, 1.165) is 11.1 Å². The lowest BCUT2D eigenvalue weighted by molar-refractivity contribution is -0.129. The zero-order chi connectivity index (χ0) is 20.8. The van der Waals surface area contributed by atoms with Crippen molar-refractivity contribution in [3.63, 3.8) is 0 Å². The van der Waals surface area contributed by atoms with Crippen molar-refractivity contribution in [3.05, 3.63) is 59.7 Å². The van der Waals surface area contributed by atoms with Crippen molar-refractivity contribution in [2.24, 2.45) is 0 Å². The van der Waals surface area contributed by atoms with E-state index in [2.05, 4.69) is 0 Å². The Hall–Kier alpha value is -3.02. The Morgan fingerprint density at radius 2 is 1.90 bits per heavy atom. The summed E-state index contributed by atoms with van der Waals surface area (Å²) in [5, 5.41) is 0. The molecule has 1 atom stereocenters. The summed E-state index contributed by atoms with van der Waals surface area (Å²) in [5.74, 6) is 1.07. The number of amides is 2. The largest absolute Gasteiger partial charge is 0.493 e. The Labute approximate surface area is 171 Å². The van der Waals surface area contributed by atoms with Gasteiger partial charge in [0.15, 0.2) is 11.5 Å². The quantitative estimate of drug-likeness (QED) is 0.674. The third-order valence-electron chi connectivity index (χ3n) is 4.76. The van der Waals surface area contributed by atoms with E-state index in [4.69, 9.17) is 14.2 Å². The first-order chi connectivity index (χ1) is 14.0. The molecule has 0 bridgehead atoms. The first-order valence-electron chi connectivity index (χ1n) is 9.84. The molecule has 0 spiro atoms. The van der Waals surface area contributed by atoms with Gasteiger partial charge < -0.3 is 14.2 Å². The summed E-state index contributed by atoms with van der Waals surface area (Å²) in [6, 6.07) is 15.2. The van der Waals surface area contributed by atoms with Crippen LogP contribution in [0.1, 0.15) is 31.4 Å². The summed E-state index contributed by atoms with van der Waals surface area (Å²) in [5.41, 5.74) is 2.02. The van der Waals surface area contributed by atoms with Gasteiger partial charge in [-0.25, -0.2) is 9.69 Å². The molecule has 0 aromatic heterocycles. The number of carbonyl (C=O) groups is 2. The number of hydrogen-bond acceptors (Lipinski definition) is 5. The fourth-order valence-electron chi connectivity index (χ4n) is 3.40. The molecule has 2 aromatic rings. The van der Waals surface area contributed by atoms with Crippen molar-refractivity contribution in [2.45, 2.75) is 45.3 Å². The van der Waals surface area contributed by atoms with Gasteiger partial charge in [0.1, 0.15) is 6.61 Å². The van der Waals surface area contributed by atoms with Gasteiger partial charge >= 0.3 is 6.09 Å². The molecule has 6 nitrogen and oxygen atoms in total. The molecule has 154 valence electrons. The monoisotopic (exact) mass is 397 g/mol. The molecule has 0 radical (unpaired) electrons. The van der Waals surface area contributed by atoms with Gasteiger partial charge in [-0.05, 0) is 49.9 Å². The predicted octanol–water partition coefficient (Wildman–Crippen LogP) is 4.01. The van der Waals surface area contributed by atoms with E-state index < -0.39 is 6.09 Å². The van der Waals surface area contributed by atoms with Gasteiger partial charge in [-0.15, -0.1) is 0 Å². The van der Waals surface area contributed by atoms with Crippen LogP contribution in [0.4, 0.5) is 4.79 Å². The molecular weight excluding hydrogens is 370 g/mol. The van der Waals surface area contributed by atoms with Crippen LogP contribution in [0, 0.1) is 0 Å². The highest BCUT2D eigenvalue weighted by molar-refractivity contribution is 5.93. The maximum absolute atomic E-state index is 12.8. The molecule has 1 aliphatic heterocycles. The van der Waals surface area contributed by atoms with Crippen LogP contribution in [0.15, 0.2) is 48.5 Å². The molecule has 1 fully saturated rings. The lowest BCUT2D eigenvalue weighted by atomic mass is 10.0. The van der Waals surface area contributed by atoms with E-state index in [0.29, 0.717) is 24.3 Å². The van der Waals surface area contributed by atoms with Crippen LogP contribution in [0.25, 0.3) is 0 Å². The molecule has 1 heterocycles.